The molecule has 4 rings (SSSR count). The number of rotatable bonds is 0. The van der Waals surface area contributed by atoms with Crippen LogP contribution in [0.15, 0.2) is 35.0 Å². The predicted molar refractivity (Wildman–Crippen MR) is 63.9 cm³/mol. The van der Waals surface area contributed by atoms with E-state index in [2.05, 4.69) is 44.2 Å². The molecule has 3 aliphatic rings. The molecule has 3 atom stereocenters. The lowest BCUT2D eigenvalue weighted by molar-refractivity contribution is 0.273. The van der Waals surface area contributed by atoms with Crippen LogP contribution in [0, 0.1) is 16.7 Å². The van der Waals surface area contributed by atoms with Gasteiger partial charge < -0.3 is 4.42 Å². The van der Waals surface area contributed by atoms with Crippen LogP contribution in [0.5, 0.6) is 0 Å². The van der Waals surface area contributed by atoms with Crippen LogP contribution in [0.4, 0.5) is 0 Å². The minimum Gasteiger partial charge on any atom is -0.468 e. The van der Waals surface area contributed by atoms with Crippen LogP contribution < -0.4 is 0 Å². The van der Waals surface area contributed by atoms with E-state index in [1.165, 1.54) is 17.7 Å². The highest BCUT2D eigenvalue weighted by Crippen LogP contribution is 2.76. The Balaban J connectivity index is 1.91. The van der Waals surface area contributed by atoms with E-state index in [1.54, 1.807) is 0 Å². The number of hydrogen-bond donors (Lipinski definition) is 0. The molecule has 1 heteroatoms. The Morgan fingerprint density at radius 2 is 2.19 bits per heavy atom. The van der Waals surface area contributed by atoms with E-state index in [0.717, 1.165) is 5.92 Å². The fourth-order valence-electron chi connectivity index (χ4n) is 4.05. The maximum absolute atomic E-state index is 5.70. The molecule has 0 radical (unpaired) electrons. The average molecular weight is 212 g/mol. The summed E-state index contributed by atoms with van der Waals surface area (Å²) < 4.78 is 5.70. The Bertz CT molecular complexity index is 517. The second-order valence-electron chi connectivity index (χ2n) is 6.12. The van der Waals surface area contributed by atoms with Crippen LogP contribution in [-0.2, 0) is 0 Å². The summed E-state index contributed by atoms with van der Waals surface area (Å²) in [5.74, 6) is 2.54. The monoisotopic (exact) mass is 212 g/mol. The van der Waals surface area contributed by atoms with Gasteiger partial charge in [-0.3, -0.25) is 0 Å². The zero-order valence-electron chi connectivity index (χ0n) is 9.73. The smallest absolute Gasteiger partial charge is 0.115 e. The summed E-state index contributed by atoms with van der Waals surface area (Å²) >= 11 is 0. The van der Waals surface area contributed by atoms with E-state index in [1.807, 2.05) is 6.26 Å². The minimum absolute atomic E-state index is 0.284. The van der Waals surface area contributed by atoms with Crippen LogP contribution in [0.3, 0.4) is 0 Å². The van der Waals surface area contributed by atoms with Gasteiger partial charge in [0, 0.05) is 16.9 Å². The summed E-state index contributed by atoms with van der Waals surface area (Å²) in [5.41, 5.74) is 1.97. The summed E-state index contributed by atoms with van der Waals surface area (Å²) in [7, 11) is 0. The second-order valence-corrected chi connectivity index (χ2v) is 6.12. The Hall–Kier alpha value is -1.24. The highest BCUT2D eigenvalue weighted by atomic mass is 16.3. The third kappa shape index (κ3) is 0.807. The van der Waals surface area contributed by atoms with Crippen molar-refractivity contribution >= 4 is 6.08 Å². The molecule has 1 aromatic heterocycles. The summed E-state index contributed by atoms with van der Waals surface area (Å²) in [6.45, 7) is 4.77. The van der Waals surface area contributed by atoms with Gasteiger partial charge in [0.05, 0.1) is 6.26 Å². The Kier molecular flexibility index (Phi) is 1.31. The summed E-state index contributed by atoms with van der Waals surface area (Å²) in [6, 6.07) is 2.08. The Morgan fingerprint density at radius 3 is 3.06 bits per heavy atom. The topological polar surface area (TPSA) is 13.1 Å². The van der Waals surface area contributed by atoms with Crippen molar-refractivity contribution in [2.45, 2.75) is 26.2 Å². The van der Waals surface area contributed by atoms with Gasteiger partial charge in [-0.2, -0.15) is 0 Å². The van der Waals surface area contributed by atoms with Crippen molar-refractivity contribution in [3.63, 3.8) is 0 Å². The SMILES string of the molecule is CC1(C)CC=C[C@]23C=Cc4ccoc4[C@H]2[C@H]13. The predicted octanol–water partition coefficient (Wildman–Crippen LogP) is 3.99. The molecule has 0 aliphatic heterocycles. The molecule has 1 aromatic rings. The molecule has 3 aliphatic carbocycles. The number of allylic oxidation sites excluding steroid dienone is 3. The van der Waals surface area contributed by atoms with E-state index in [-0.39, 0.29) is 5.41 Å². The van der Waals surface area contributed by atoms with Crippen LogP contribution in [-0.4, -0.2) is 0 Å². The van der Waals surface area contributed by atoms with Crippen molar-refractivity contribution in [1.82, 2.24) is 0 Å². The van der Waals surface area contributed by atoms with Crippen molar-refractivity contribution in [3.8, 4) is 0 Å². The zero-order chi connectivity index (χ0) is 11.0. The van der Waals surface area contributed by atoms with Crippen molar-refractivity contribution in [3.05, 3.63) is 41.9 Å². The van der Waals surface area contributed by atoms with Crippen molar-refractivity contribution in [2.75, 3.05) is 0 Å². The maximum Gasteiger partial charge on any atom is 0.115 e. The Labute approximate surface area is 95.8 Å². The standard InChI is InChI=1S/C15H16O/c1-14(2)6-3-7-15-8-4-10-5-9-16-12(10)11(15)13(14)15/h3-5,7-9,11,13H,6H2,1-2H3/t11-,13+,15-/m0/s1. The van der Waals surface area contributed by atoms with Gasteiger partial charge in [0.2, 0.25) is 0 Å². The molecule has 0 saturated heterocycles. The lowest BCUT2D eigenvalue weighted by atomic mass is 9.76. The van der Waals surface area contributed by atoms with Gasteiger partial charge in [0.1, 0.15) is 5.76 Å². The number of hydrogen-bond acceptors (Lipinski definition) is 1. The number of fused-ring (bicyclic) bond motifs is 3. The highest BCUT2D eigenvalue weighted by molar-refractivity contribution is 5.64. The van der Waals surface area contributed by atoms with E-state index < -0.39 is 0 Å². The van der Waals surface area contributed by atoms with E-state index in [0.29, 0.717) is 11.3 Å². The lowest BCUT2D eigenvalue weighted by Gasteiger charge is -2.28. The first kappa shape index (κ1) is 8.86. The molecule has 1 nitrogen and oxygen atoms in total. The first-order valence-electron chi connectivity index (χ1n) is 6.09. The van der Waals surface area contributed by atoms with Gasteiger partial charge >= 0.3 is 0 Å². The van der Waals surface area contributed by atoms with Gasteiger partial charge in [0.25, 0.3) is 0 Å². The summed E-state index contributed by atoms with van der Waals surface area (Å²) in [4.78, 5) is 0. The van der Waals surface area contributed by atoms with Gasteiger partial charge in [-0.1, -0.05) is 38.2 Å². The normalized spacial score (nSPS) is 41.1. The van der Waals surface area contributed by atoms with Crippen LogP contribution in [0.1, 0.15) is 37.5 Å². The number of furan rings is 1. The molecule has 0 aromatic carbocycles. The third-order valence-electron chi connectivity index (χ3n) is 4.76. The van der Waals surface area contributed by atoms with E-state index in [9.17, 15) is 0 Å². The lowest BCUT2D eigenvalue weighted by Crippen LogP contribution is -2.20. The molecule has 0 unspecified atom stereocenters. The zero-order valence-corrected chi connectivity index (χ0v) is 9.73. The molecule has 16 heavy (non-hydrogen) atoms. The second kappa shape index (κ2) is 2.37. The fraction of sp³-hybridized carbons (Fsp3) is 0.467. The van der Waals surface area contributed by atoms with E-state index >= 15 is 0 Å². The third-order valence-corrected chi connectivity index (χ3v) is 4.76. The largest absolute Gasteiger partial charge is 0.468 e. The van der Waals surface area contributed by atoms with Gasteiger partial charge in [-0.25, -0.2) is 0 Å². The fourth-order valence-corrected chi connectivity index (χ4v) is 4.05. The summed E-state index contributed by atoms with van der Waals surface area (Å²) in [5, 5.41) is 0. The molecule has 1 spiro atoms. The molecule has 0 amide bonds. The van der Waals surface area contributed by atoms with Gasteiger partial charge in [-0.15, -0.1) is 0 Å². The molecule has 82 valence electrons. The van der Waals surface area contributed by atoms with Crippen LogP contribution in [0.2, 0.25) is 0 Å². The molecule has 0 bridgehead atoms. The van der Waals surface area contributed by atoms with Crippen LogP contribution in [0.25, 0.3) is 6.08 Å². The van der Waals surface area contributed by atoms with Crippen molar-refractivity contribution in [2.24, 2.45) is 16.7 Å². The molecule has 1 fully saturated rings. The highest BCUT2D eigenvalue weighted by Gasteiger charge is 2.70. The first-order chi connectivity index (χ1) is 7.65. The molecular weight excluding hydrogens is 196 g/mol. The minimum atomic E-state index is 0.284. The molecule has 1 heterocycles. The van der Waals surface area contributed by atoms with E-state index in [4.69, 9.17) is 4.42 Å². The maximum atomic E-state index is 5.70. The average Bonchev–Trinajstić information content (AvgIpc) is 2.73. The molecule has 1 saturated carbocycles. The first-order valence-corrected chi connectivity index (χ1v) is 6.09. The summed E-state index contributed by atoms with van der Waals surface area (Å²) in [6.07, 6.45) is 12.4. The molecular formula is C15H16O. The van der Waals surface area contributed by atoms with Gasteiger partial charge in [-0.05, 0) is 23.8 Å². The van der Waals surface area contributed by atoms with Crippen molar-refractivity contribution in [1.29, 1.82) is 0 Å². The van der Waals surface area contributed by atoms with Crippen molar-refractivity contribution < 1.29 is 4.42 Å². The quantitative estimate of drug-likeness (QED) is 0.592. The van der Waals surface area contributed by atoms with Gasteiger partial charge in [0.15, 0.2) is 0 Å². The molecule has 0 N–H and O–H groups in total. The Morgan fingerprint density at radius 1 is 1.31 bits per heavy atom. The van der Waals surface area contributed by atoms with Crippen LogP contribution >= 0.6 is 0 Å².